The minimum absolute atomic E-state index is 0.000498. The molecule has 0 aliphatic carbocycles. The molecular weight excluding hydrogens is 496 g/mol. The van der Waals surface area contributed by atoms with E-state index in [1.54, 1.807) is 6.20 Å². The number of hydrogen-bond acceptors (Lipinski definition) is 6. The first kappa shape index (κ1) is 24.2. The third-order valence-corrected chi connectivity index (χ3v) is 7.53. The van der Waals surface area contributed by atoms with E-state index in [0.717, 1.165) is 40.1 Å². The highest BCUT2D eigenvalue weighted by Gasteiger charge is 2.24. The second-order valence-corrected chi connectivity index (χ2v) is 11.3. The molecule has 0 radical (unpaired) electrons. The lowest BCUT2D eigenvalue weighted by molar-refractivity contribution is 0.463. The van der Waals surface area contributed by atoms with Crippen LogP contribution in [-0.2, 0) is 5.41 Å². The van der Waals surface area contributed by atoms with Gasteiger partial charge in [0.25, 0.3) is 0 Å². The molecule has 2 aromatic carbocycles. The van der Waals surface area contributed by atoms with E-state index < -0.39 is 0 Å². The fourth-order valence-electron chi connectivity index (χ4n) is 5.47. The monoisotopic (exact) mass is 526 g/mol. The Bertz CT molecular complexity index is 1890. The van der Waals surface area contributed by atoms with Crippen LogP contribution >= 0.6 is 0 Å². The average molecular weight is 527 g/mol. The zero-order valence-electron chi connectivity index (χ0n) is 23.0. The van der Waals surface area contributed by atoms with Crippen molar-refractivity contribution in [3.8, 4) is 17.4 Å². The molecule has 0 N–H and O–H groups in total. The van der Waals surface area contributed by atoms with Gasteiger partial charge in [-0.25, -0.2) is 15.0 Å². The van der Waals surface area contributed by atoms with Gasteiger partial charge in [-0.1, -0.05) is 32.9 Å². The largest absolute Gasteiger partial charge is 0.439 e. The minimum atomic E-state index is -0.000498. The minimum Gasteiger partial charge on any atom is -0.439 e. The van der Waals surface area contributed by atoms with Crippen LogP contribution in [0, 0.1) is 0 Å². The molecule has 4 aromatic heterocycles. The molecule has 6 aromatic rings. The Labute approximate surface area is 233 Å². The highest BCUT2D eigenvalue weighted by molar-refractivity contribution is 6.08. The van der Waals surface area contributed by atoms with E-state index in [1.807, 2.05) is 36.7 Å². The van der Waals surface area contributed by atoms with Gasteiger partial charge in [0.1, 0.15) is 17.2 Å². The van der Waals surface area contributed by atoms with E-state index >= 15 is 0 Å². The maximum Gasteiger partial charge on any atom is 0.221 e. The number of hydrogen-bond donors (Lipinski definition) is 0. The highest BCUT2D eigenvalue weighted by Crippen LogP contribution is 2.40. The Balaban J connectivity index is 1.29. The molecule has 0 spiro atoms. The maximum absolute atomic E-state index is 6.36. The van der Waals surface area contributed by atoms with Crippen molar-refractivity contribution in [3.05, 3.63) is 103 Å². The summed E-state index contributed by atoms with van der Waals surface area (Å²) in [6.07, 6.45) is 5.50. The Kier molecular flexibility index (Phi) is 5.49. The molecule has 1 aliphatic rings. The predicted octanol–water partition coefficient (Wildman–Crippen LogP) is 7.60. The fourth-order valence-corrected chi connectivity index (χ4v) is 5.47. The van der Waals surface area contributed by atoms with Crippen LogP contribution in [-0.4, -0.2) is 33.2 Å². The van der Waals surface area contributed by atoms with Crippen molar-refractivity contribution in [2.24, 2.45) is 0 Å². The Morgan fingerprint density at radius 3 is 2.42 bits per heavy atom. The smallest absolute Gasteiger partial charge is 0.221 e. The molecule has 0 unspecified atom stereocenters. The van der Waals surface area contributed by atoms with Crippen molar-refractivity contribution in [3.63, 3.8) is 0 Å². The number of fused-ring (bicyclic) bond motifs is 4. The molecule has 7 heteroatoms. The first-order valence-corrected chi connectivity index (χ1v) is 13.4. The molecule has 0 saturated carbocycles. The van der Waals surface area contributed by atoms with Crippen LogP contribution in [0.15, 0.2) is 97.5 Å². The number of pyridine rings is 3. The second kappa shape index (κ2) is 9.09. The van der Waals surface area contributed by atoms with Gasteiger partial charge in [0.2, 0.25) is 5.88 Å². The summed E-state index contributed by atoms with van der Waals surface area (Å²) in [5, 5.41) is 2.17. The summed E-state index contributed by atoms with van der Waals surface area (Å²) in [5.41, 5.74) is 6.47. The molecule has 0 amide bonds. The number of nitrogens with zero attached hydrogens (tertiary/aromatic N) is 6. The number of aromatic nitrogens is 4. The van der Waals surface area contributed by atoms with Gasteiger partial charge >= 0.3 is 0 Å². The maximum atomic E-state index is 6.36. The average Bonchev–Trinajstić information content (AvgIpc) is 3.47. The van der Waals surface area contributed by atoms with E-state index in [9.17, 15) is 0 Å². The van der Waals surface area contributed by atoms with Crippen molar-refractivity contribution < 1.29 is 4.74 Å². The Morgan fingerprint density at radius 2 is 1.57 bits per heavy atom. The van der Waals surface area contributed by atoms with Gasteiger partial charge in [-0.3, -0.25) is 4.57 Å². The van der Waals surface area contributed by atoms with Crippen LogP contribution in [0.25, 0.3) is 27.8 Å². The van der Waals surface area contributed by atoms with E-state index in [1.165, 1.54) is 16.9 Å². The van der Waals surface area contributed by atoms with Gasteiger partial charge < -0.3 is 14.5 Å². The summed E-state index contributed by atoms with van der Waals surface area (Å²) in [4.78, 5) is 18.5. The zero-order chi connectivity index (χ0) is 27.4. The molecule has 40 heavy (non-hydrogen) atoms. The lowest BCUT2D eigenvalue weighted by Crippen LogP contribution is -2.23. The van der Waals surface area contributed by atoms with E-state index in [0.29, 0.717) is 11.6 Å². The molecule has 0 atom stereocenters. The van der Waals surface area contributed by atoms with E-state index in [4.69, 9.17) is 14.7 Å². The lowest BCUT2D eigenvalue weighted by atomic mass is 9.88. The number of ether oxygens (including phenoxy) is 1. The van der Waals surface area contributed by atoms with E-state index in [-0.39, 0.29) is 5.41 Å². The standard InChI is InChI=1S/C33H30N6O/c1-33(2,3)22-13-16-34-30(18-22)39-29-20-24(11-12-25(29)26-8-7-15-36-32(26)39)40-31-19-23(14-17-35-31)38-21-37(4)27-9-5-6-10-28(27)38/h5-20H,21H2,1-4H3. The molecule has 0 saturated heterocycles. The second-order valence-electron chi connectivity index (χ2n) is 11.3. The van der Waals surface area contributed by atoms with Gasteiger partial charge in [-0.05, 0) is 65.6 Å². The highest BCUT2D eigenvalue weighted by atomic mass is 16.5. The zero-order valence-corrected chi connectivity index (χ0v) is 23.0. The number of rotatable bonds is 4. The summed E-state index contributed by atoms with van der Waals surface area (Å²) in [6.45, 7) is 7.40. The van der Waals surface area contributed by atoms with Gasteiger partial charge in [0.05, 0.1) is 23.6 Å². The van der Waals surface area contributed by atoms with Crippen molar-refractivity contribution in [2.75, 3.05) is 23.5 Å². The van der Waals surface area contributed by atoms with Crippen molar-refractivity contribution in [1.82, 2.24) is 19.5 Å². The molecule has 0 bridgehead atoms. The third-order valence-electron chi connectivity index (χ3n) is 7.53. The summed E-state index contributed by atoms with van der Waals surface area (Å²) >= 11 is 0. The topological polar surface area (TPSA) is 59.3 Å². The van der Waals surface area contributed by atoms with Crippen LogP contribution in [0.3, 0.4) is 0 Å². The number of para-hydroxylation sites is 2. The summed E-state index contributed by atoms with van der Waals surface area (Å²) in [5.74, 6) is 2.07. The quantitative estimate of drug-likeness (QED) is 0.236. The summed E-state index contributed by atoms with van der Waals surface area (Å²) in [7, 11) is 2.10. The van der Waals surface area contributed by atoms with Gasteiger partial charge in [-0.15, -0.1) is 0 Å². The van der Waals surface area contributed by atoms with Crippen LogP contribution < -0.4 is 14.5 Å². The van der Waals surface area contributed by atoms with Crippen LogP contribution in [0.2, 0.25) is 0 Å². The Hall–Kier alpha value is -4.91. The van der Waals surface area contributed by atoms with Crippen LogP contribution in [0.1, 0.15) is 26.3 Å². The van der Waals surface area contributed by atoms with Crippen LogP contribution in [0.4, 0.5) is 17.1 Å². The fraction of sp³-hybridized carbons (Fsp3) is 0.182. The van der Waals surface area contributed by atoms with Crippen molar-refractivity contribution >= 4 is 39.0 Å². The van der Waals surface area contributed by atoms with Gasteiger partial charge in [0.15, 0.2) is 0 Å². The Morgan fingerprint density at radius 1 is 0.750 bits per heavy atom. The molecular formula is C33H30N6O. The molecule has 1 aliphatic heterocycles. The van der Waals surface area contributed by atoms with Crippen LogP contribution in [0.5, 0.6) is 11.6 Å². The number of anilines is 3. The first-order valence-electron chi connectivity index (χ1n) is 13.4. The molecule has 5 heterocycles. The summed E-state index contributed by atoms with van der Waals surface area (Å²) < 4.78 is 8.48. The van der Waals surface area contributed by atoms with E-state index in [2.05, 4.69) is 102 Å². The van der Waals surface area contributed by atoms with Crippen molar-refractivity contribution in [1.29, 1.82) is 0 Å². The molecule has 7 rings (SSSR count). The molecule has 198 valence electrons. The molecule has 7 nitrogen and oxygen atoms in total. The predicted molar refractivity (Wildman–Crippen MR) is 161 cm³/mol. The van der Waals surface area contributed by atoms with Gasteiger partial charge in [-0.2, -0.15) is 0 Å². The first-order chi connectivity index (χ1) is 19.4. The van der Waals surface area contributed by atoms with Crippen molar-refractivity contribution in [2.45, 2.75) is 26.2 Å². The van der Waals surface area contributed by atoms with Gasteiger partial charge in [0, 0.05) is 54.2 Å². The molecule has 0 fully saturated rings. The third kappa shape index (κ3) is 4.02. The SMILES string of the molecule is CN1CN(c2ccnc(Oc3ccc4c5cccnc5n(-c5cc(C(C)(C)C)ccn5)c4c3)c2)c2ccccc21. The summed E-state index contributed by atoms with van der Waals surface area (Å²) in [6, 6.07) is 26.9. The number of benzene rings is 2. The normalized spacial score (nSPS) is 13.3. The lowest BCUT2D eigenvalue weighted by Gasteiger charge is -2.20.